The number of hydrogen-bond acceptors (Lipinski definition) is 6. The number of aryl methyl sites for hydroxylation is 2. The van der Waals surface area contributed by atoms with Gasteiger partial charge in [-0.1, -0.05) is 93.3 Å². The summed E-state index contributed by atoms with van der Waals surface area (Å²) in [6, 6.07) is 26.9. The van der Waals surface area contributed by atoms with Crippen molar-refractivity contribution >= 4 is 62.5 Å². The highest BCUT2D eigenvalue weighted by molar-refractivity contribution is 9.10. The predicted molar refractivity (Wildman–Crippen MR) is 193 cm³/mol. The Kier molecular flexibility index (Phi) is 7.76. The van der Waals surface area contributed by atoms with Crippen LogP contribution < -0.4 is 10.3 Å². The van der Waals surface area contributed by atoms with E-state index in [1.807, 2.05) is 74.5 Å². The summed E-state index contributed by atoms with van der Waals surface area (Å²) in [6.07, 6.45) is 2.40. The Labute approximate surface area is 302 Å². The largest absolute Gasteiger partial charge is 0.508 e. The number of amides is 4. The van der Waals surface area contributed by atoms with E-state index in [2.05, 4.69) is 21.4 Å². The third-order valence-corrected chi connectivity index (χ3v) is 12.0. The Hall–Kier alpha value is -4.73. The number of nitrogens with zero attached hydrogens (tertiary/aromatic N) is 2. The summed E-state index contributed by atoms with van der Waals surface area (Å²) < 4.78 is 0.683. The van der Waals surface area contributed by atoms with Crippen LogP contribution in [-0.4, -0.2) is 33.7 Å². The van der Waals surface area contributed by atoms with Crippen LogP contribution in [0.2, 0.25) is 5.02 Å². The number of hydrogen-bond donors (Lipinski definition) is 2. The molecule has 50 heavy (non-hydrogen) atoms. The molecular weight excluding hydrogens is 718 g/mol. The lowest BCUT2D eigenvalue weighted by Gasteiger charge is -2.50. The summed E-state index contributed by atoms with van der Waals surface area (Å²) in [5.41, 5.74) is 6.31. The molecule has 0 unspecified atom stereocenters. The molecule has 2 aliphatic carbocycles. The highest BCUT2D eigenvalue weighted by atomic mass is 79.9. The van der Waals surface area contributed by atoms with Gasteiger partial charge in [0.2, 0.25) is 11.8 Å². The Morgan fingerprint density at radius 2 is 1.60 bits per heavy atom. The van der Waals surface area contributed by atoms with Gasteiger partial charge in [-0.05, 0) is 86.2 Å². The fourth-order valence-electron chi connectivity index (χ4n) is 8.82. The molecule has 0 aromatic heterocycles. The molecule has 10 heteroatoms. The number of allylic oxidation sites excluding steroid dienone is 2. The van der Waals surface area contributed by atoms with Crippen LogP contribution in [-0.2, 0) is 24.6 Å². The van der Waals surface area contributed by atoms with Gasteiger partial charge < -0.3 is 5.11 Å². The maximum Gasteiger partial charge on any atom is 0.260 e. The maximum absolute atomic E-state index is 15.2. The average Bonchev–Trinajstić information content (AvgIpc) is 3.49. The van der Waals surface area contributed by atoms with E-state index in [4.69, 9.17) is 11.6 Å². The highest BCUT2D eigenvalue weighted by Gasteiger charge is 2.70. The first-order valence-corrected chi connectivity index (χ1v) is 17.8. The number of phenolic OH excluding ortho intramolecular Hbond substituents is 1. The summed E-state index contributed by atoms with van der Waals surface area (Å²) in [7, 11) is 0. The Morgan fingerprint density at radius 1 is 0.860 bits per heavy atom. The summed E-state index contributed by atoms with van der Waals surface area (Å²) >= 11 is 10.0. The third-order valence-electron chi connectivity index (χ3n) is 11.1. The molecule has 4 aliphatic rings. The second-order valence-corrected chi connectivity index (χ2v) is 15.1. The van der Waals surface area contributed by atoms with Crippen LogP contribution in [0.5, 0.6) is 5.75 Å². The van der Waals surface area contributed by atoms with Crippen molar-refractivity contribution < 1.29 is 24.3 Å². The van der Waals surface area contributed by atoms with E-state index in [9.17, 15) is 19.5 Å². The molecular formula is C40H33BrClN3O5. The lowest BCUT2D eigenvalue weighted by atomic mass is 9.49. The standard InChI is InChI=1S/C40H33BrClN3O5/c1-21-8-12-25(13-9-21)43-45-37(48)31-20-29-27(15-16-28-34(29)38(49)44(36(28)47)26-14-10-22(2)32(42)19-26)35(30-18-24(41)11-17-33(30)46)40(31,39(45)50)23-6-4-3-5-7-23/h3-15,17-19,28-29,31,34-35,43,46H,16,20H2,1-2H3/t28-,29+,31-,34-,35+,40+/m0/s1. The van der Waals surface area contributed by atoms with Gasteiger partial charge >= 0.3 is 0 Å². The van der Waals surface area contributed by atoms with Gasteiger partial charge in [-0.2, -0.15) is 5.01 Å². The SMILES string of the molecule is Cc1ccc(NN2C(=O)[C@@H]3C[C@@H]4C(=CC[C@@H]5C(=O)N(c6ccc(C)c(Cl)c6)C(=O)[C@@H]54)[C@H](c4cc(Br)ccc4O)[C@]3(c3ccccc3)C2=O)cc1. The van der Waals surface area contributed by atoms with E-state index in [-0.39, 0.29) is 30.4 Å². The lowest BCUT2D eigenvalue weighted by Crippen LogP contribution is -2.53. The molecule has 2 saturated heterocycles. The molecule has 0 bridgehead atoms. The van der Waals surface area contributed by atoms with Crippen LogP contribution in [0.1, 0.15) is 41.0 Å². The van der Waals surface area contributed by atoms with Crippen LogP contribution in [0.3, 0.4) is 0 Å². The summed E-state index contributed by atoms with van der Waals surface area (Å²) in [5, 5.41) is 13.1. The molecule has 2 aliphatic heterocycles. The van der Waals surface area contributed by atoms with Crippen LogP contribution >= 0.6 is 27.5 Å². The first-order chi connectivity index (χ1) is 24.0. The number of benzene rings is 4. The zero-order valence-corrected chi connectivity index (χ0v) is 29.6. The highest BCUT2D eigenvalue weighted by Crippen LogP contribution is 2.65. The fraction of sp³-hybridized carbons (Fsp3) is 0.250. The molecule has 4 aromatic rings. The molecule has 1 saturated carbocycles. The van der Waals surface area contributed by atoms with Crippen molar-refractivity contribution in [2.45, 2.75) is 38.0 Å². The van der Waals surface area contributed by atoms with Gasteiger partial charge in [-0.3, -0.25) is 24.6 Å². The number of imide groups is 2. The second-order valence-electron chi connectivity index (χ2n) is 13.7. The number of rotatable bonds is 5. The second kappa shape index (κ2) is 12.0. The van der Waals surface area contributed by atoms with Gasteiger partial charge in [-0.25, -0.2) is 4.90 Å². The van der Waals surface area contributed by atoms with Gasteiger partial charge in [0.1, 0.15) is 5.75 Å². The van der Waals surface area contributed by atoms with Gasteiger partial charge in [-0.15, -0.1) is 0 Å². The van der Waals surface area contributed by atoms with Crippen LogP contribution in [0.4, 0.5) is 11.4 Å². The number of phenols is 1. The predicted octanol–water partition coefficient (Wildman–Crippen LogP) is 7.61. The van der Waals surface area contributed by atoms with E-state index in [1.54, 1.807) is 36.4 Å². The summed E-state index contributed by atoms with van der Waals surface area (Å²) in [5.74, 6) is -5.32. The molecule has 252 valence electrons. The first-order valence-electron chi connectivity index (χ1n) is 16.6. The van der Waals surface area contributed by atoms with E-state index in [0.29, 0.717) is 32.0 Å². The number of fused-ring (bicyclic) bond motifs is 4. The fourth-order valence-corrected chi connectivity index (χ4v) is 9.38. The Bertz CT molecular complexity index is 2140. The van der Waals surface area contributed by atoms with E-state index < -0.39 is 46.8 Å². The lowest BCUT2D eigenvalue weighted by molar-refractivity contribution is -0.138. The van der Waals surface area contributed by atoms with Gasteiger partial charge in [0, 0.05) is 21.0 Å². The molecule has 2 heterocycles. The van der Waals surface area contributed by atoms with Crippen LogP contribution in [0.15, 0.2) is 107 Å². The number of anilines is 2. The minimum atomic E-state index is -1.47. The molecule has 3 fully saturated rings. The molecule has 6 atom stereocenters. The quantitative estimate of drug-likeness (QED) is 0.161. The van der Waals surface area contributed by atoms with Crippen LogP contribution in [0, 0.1) is 37.5 Å². The molecule has 4 aromatic carbocycles. The van der Waals surface area contributed by atoms with Gasteiger partial charge in [0.05, 0.1) is 34.5 Å². The molecule has 8 rings (SSSR count). The van der Waals surface area contributed by atoms with E-state index in [0.717, 1.165) is 21.7 Å². The number of halogens is 2. The average molecular weight is 751 g/mol. The molecule has 0 spiro atoms. The van der Waals surface area contributed by atoms with Crippen molar-refractivity contribution in [1.82, 2.24) is 5.01 Å². The minimum absolute atomic E-state index is 0.0362. The number of hydrazine groups is 1. The van der Waals surface area contributed by atoms with E-state index in [1.165, 1.54) is 4.90 Å². The topological polar surface area (TPSA) is 107 Å². The van der Waals surface area contributed by atoms with Crippen molar-refractivity contribution in [2.24, 2.45) is 23.7 Å². The molecule has 0 radical (unpaired) electrons. The third kappa shape index (κ3) is 4.70. The minimum Gasteiger partial charge on any atom is -0.508 e. The maximum atomic E-state index is 15.2. The molecule has 2 N–H and O–H groups in total. The van der Waals surface area contributed by atoms with E-state index >= 15 is 4.79 Å². The molecule has 8 nitrogen and oxygen atoms in total. The Morgan fingerprint density at radius 3 is 2.32 bits per heavy atom. The number of carbonyl (C=O) groups excluding carboxylic acids is 4. The first kappa shape index (κ1) is 32.5. The monoisotopic (exact) mass is 749 g/mol. The molecule has 4 amide bonds. The van der Waals surface area contributed by atoms with Crippen molar-refractivity contribution in [2.75, 3.05) is 10.3 Å². The summed E-state index contributed by atoms with van der Waals surface area (Å²) in [6.45, 7) is 3.81. The Balaban J connectivity index is 1.32. The zero-order valence-electron chi connectivity index (χ0n) is 27.3. The number of carbonyl (C=O) groups is 4. The van der Waals surface area contributed by atoms with Gasteiger partial charge in [0.25, 0.3) is 11.8 Å². The van der Waals surface area contributed by atoms with Crippen molar-refractivity contribution in [3.63, 3.8) is 0 Å². The van der Waals surface area contributed by atoms with Crippen molar-refractivity contribution in [3.05, 3.63) is 134 Å². The number of aromatic hydroxyl groups is 1. The number of nitrogens with one attached hydrogen (secondary N) is 1. The zero-order chi connectivity index (χ0) is 35.1. The van der Waals surface area contributed by atoms with Gasteiger partial charge in [0.15, 0.2) is 0 Å². The van der Waals surface area contributed by atoms with Crippen molar-refractivity contribution in [1.29, 1.82) is 0 Å². The smallest absolute Gasteiger partial charge is 0.260 e. The van der Waals surface area contributed by atoms with Crippen molar-refractivity contribution in [3.8, 4) is 5.75 Å². The van der Waals surface area contributed by atoms with Crippen LogP contribution in [0.25, 0.3) is 0 Å². The summed E-state index contributed by atoms with van der Waals surface area (Å²) in [4.78, 5) is 59.7. The normalized spacial score (nSPS) is 27.2.